The van der Waals surface area contributed by atoms with Crippen molar-refractivity contribution in [2.24, 2.45) is 0 Å². The monoisotopic (exact) mass is 343 g/mol. The van der Waals surface area contributed by atoms with E-state index < -0.39 is 0 Å². The van der Waals surface area contributed by atoms with E-state index >= 15 is 0 Å². The SMILES string of the molecule is Cc1noc([C@@H](C)N2CCN(CC(=O)NCc3ccccc3)CC2)n1. The number of benzene rings is 1. The Bertz CT molecular complexity index is 680. The van der Waals surface area contributed by atoms with Crippen molar-refractivity contribution in [3.05, 3.63) is 47.6 Å². The molecular formula is C18H25N5O2. The van der Waals surface area contributed by atoms with E-state index in [9.17, 15) is 4.79 Å². The first-order valence-electron chi connectivity index (χ1n) is 8.69. The van der Waals surface area contributed by atoms with Crippen LogP contribution in [0.2, 0.25) is 0 Å². The van der Waals surface area contributed by atoms with Crippen LogP contribution in [0.3, 0.4) is 0 Å². The van der Waals surface area contributed by atoms with Crippen molar-refractivity contribution in [3.8, 4) is 0 Å². The van der Waals surface area contributed by atoms with Gasteiger partial charge in [-0.3, -0.25) is 14.6 Å². The number of carbonyl (C=O) groups excluding carboxylic acids is 1. The molecule has 1 fully saturated rings. The summed E-state index contributed by atoms with van der Waals surface area (Å²) in [6.07, 6.45) is 0. The van der Waals surface area contributed by atoms with Gasteiger partial charge in [0.05, 0.1) is 12.6 Å². The van der Waals surface area contributed by atoms with Crippen molar-refractivity contribution in [2.45, 2.75) is 26.4 Å². The molecular weight excluding hydrogens is 318 g/mol. The first-order valence-corrected chi connectivity index (χ1v) is 8.69. The summed E-state index contributed by atoms with van der Waals surface area (Å²) in [5.74, 6) is 1.39. The van der Waals surface area contributed by atoms with E-state index in [1.54, 1.807) is 0 Å². The van der Waals surface area contributed by atoms with E-state index in [1.807, 2.05) is 37.3 Å². The fraction of sp³-hybridized carbons (Fsp3) is 0.500. The third-order valence-electron chi connectivity index (χ3n) is 4.55. The van der Waals surface area contributed by atoms with Gasteiger partial charge in [-0.25, -0.2) is 0 Å². The second-order valence-corrected chi connectivity index (χ2v) is 6.43. The zero-order chi connectivity index (χ0) is 17.6. The third kappa shape index (κ3) is 4.87. The maximum Gasteiger partial charge on any atom is 0.243 e. The van der Waals surface area contributed by atoms with Crippen molar-refractivity contribution in [1.29, 1.82) is 0 Å². The van der Waals surface area contributed by atoms with Gasteiger partial charge in [0.25, 0.3) is 0 Å². The van der Waals surface area contributed by atoms with E-state index in [1.165, 1.54) is 0 Å². The van der Waals surface area contributed by atoms with Crippen molar-refractivity contribution in [2.75, 3.05) is 32.7 Å². The van der Waals surface area contributed by atoms with E-state index in [0.717, 1.165) is 31.7 Å². The van der Waals surface area contributed by atoms with Crippen LogP contribution in [-0.2, 0) is 11.3 Å². The first kappa shape index (κ1) is 17.6. The molecule has 1 aliphatic rings. The van der Waals surface area contributed by atoms with Gasteiger partial charge in [-0.05, 0) is 19.4 Å². The molecule has 3 rings (SSSR count). The predicted octanol–water partition coefficient (Wildman–Crippen LogP) is 1.37. The Morgan fingerprint density at radius 3 is 2.60 bits per heavy atom. The van der Waals surface area contributed by atoms with Gasteiger partial charge < -0.3 is 9.84 Å². The molecule has 0 aliphatic carbocycles. The Hall–Kier alpha value is -2.25. The number of hydrogen-bond donors (Lipinski definition) is 1. The smallest absolute Gasteiger partial charge is 0.243 e. The lowest BCUT2D eigenvalue weighted by Gasteiger charge is -2.36. The van der Waals surface area contributed by atoms with E-state index in [-0.39, 0.29) is 11.9 Å². The molecule has 2 aromatic rings. The van der Waals surface area contributed by atoms with E-state index in [2.05, 4.69) is 32.2 Å². The van der Waals surface area contributed by atoms with Crippen LogP contribution in [0.4, 0.5) is 0 Å². The van der Waals surface area contributed by atoms with Crippen LogP contribution in [-0.4, -0.2) is 58.6 Å². The highest BCUT2D eigenvalue weighted by Crippen LogP contribution is 2.19. The highest BCUT2D eigenvalue weighted by atomic mass is 16.5. The van der Waals surface area contributed by atoms with Crippen LogP contribution >= 0.6 is 0 Å². The molecule has 1 aromatic heterocycles. The summed E-state index contributed by atoms with van der Waals surface area (Å²) < 4.78 is 5.26. The van der Waals surface area contributed by atoms with Crippen molar-refractivity contribution in [3.63, 3.8) is 0 Å². The molecule has 1 aromatic carbocycles. The number of rotatable bonds is 6. The highest BCUT2D eigenvalue weighted by Gasteiger charge is 2.26. The fourth-order valence-corrected chi connectivity index (χ4v) is 3.00. The number of amides is 1. The fourth-order valence-electron chi connectivity index (χ4n) is 3.00. The normalized spacial score (nSPS) is 17.4. The van der Waals surface area contributed by atoms with Gasteiger partial charge >= 0.3 is 0 Å². The Labute approximate surface area is 148 Å². The number of piperazine rings is 1. The van der Waals surface area contributed by atoms with Gasteiger partial charge in [0.1, 0.15) is 0 Å². The number of nitrogens with one attached hydrogen (secondary N) is 1. The van der Waals surface area contributed by atoms with E-state index in [0.29, 0.717) is 24.8 Å². The molecule has 7 heteroatoms. The molecule has 0 radical (unpaired) electrons. The molecule has 2 heterocycles. The molecule has 0 spiro atoms. The van der Waals surface area contributed by atoms with Gasteiger partial charge in [-0.1, -0.05) is 35.5 Å². The van der Waals surface area contributed by atoms with Crippen LogP contribution < -0.4 is 5.32 Å². The van der Waals surface area contributed by atoms with Crippen LogP contribution in [0.5, 0.6) is 0 Å². The predicted molar refractivity (Wildman–Crippen MR) is 93.8 cm³/mol. The third-order valence-corrected chi connectivity index (χ3v) is 4.55. The second kappa shape index (κ2) is 8.22. The minimum absolute atomic E-state index is 0.0675. The second-order valence-electron chi connectivity index (χ2n) is 6.43. The summed E-state index contributed by atoms with van der Waals surface area (Å²) in [4.78, 5) is 20.9. The largest absolute Gasteiger partial charge is 0.351 e. The topological polar surface area (TPSA) is 74.5 Å². The lowest BCUT2D eigenvalue weighted by Crippen LogP contribution is -2.49. The van der Waals surface area contributed by atoms with Crippen LogP contribution in [0.15, 0.2) is 34.9 Å². The summed E-state index contributed by atoms with van der Waals surface area (Å²) in [6, 6.07) is 10.1. The summed E-state index contributed by atoms with van der Waals surface area (Å²) in [7, 11) is 0. The van der Waals surface area contributed by atoms with Gasteiger partial charge in [-0.2, -0.15) is 4.98 Å². The molecule has 1 aliphatic heterocycles. The zero-order valence-electron chi connectivity index (χ0n) is 14.8. The number of aromatic nitrogens is 2. The minimum atomic E-state index is 0.0675. The summed E-state index contributed by atoms with van der Waals surface area (Å²) in [5.41, 5.74) is 1.12. The average molecular weight is 343 g/mol. The van der Waals surface area contributed by atoms with Gasteiger partial charge in [0.15, 0.2) is 5.82 Å². The lowest BCUT2D eigenvalue weighted by molar-refractivity contribution is -0.122. The van der Waals surface area contributed by atoms with Crippen LogP contribution in [0.1, 0.15) is 30.2 Å². The summed E-state index contributed by atoms with van der Waals surface area (Å²) in [6.45, 7) is 8.40. The zero-order valence-corrected chi connectivity index (χ0v) is 14.8. The Morgan fingerprint density at radius 2 is 1.96 bits per heavy atom. The van der Waals surface area contributed by atoms with Gasteiger partial charge in [0, 0.05) is 32.7 Å². The van der Waals surface area contributed by atoms with Crippen molar-refractivity contribution >= 4 is 5.91 Å². The number of carbonyl (C=O) groups is 1. The lowest BCUT2D eigenvalue weighted by atomic mass is 10.2. The number of nitrogens with zero attached hydrogens (tertiary/aromatic N) is 4. The summed E-state index contributed by atoms with van der Waals surface area (Å²) >= 11 is 0. The molecule has 0 bridgehead atoms. The van der Waals surface area contributed by atoms with Gasteiger partial charge in [0.2, 0.25) is 11.8 Å². The highest BCUT2D eigenvalue weighted by molar-refractivity contribution is 5.78. The summed E-state index contributed by atoms with van der Waals surface area (Å²) in [5, 5.41) is 6.84. The molecule has 1 atom stereocenters. The quantitative estimate of drug-likeness (QED) is 0.854. The molecule has 1 N–H and O–H groups in total. The molecule has 1 saturated heterocycles. The maximum atomic E-state index is 12.1. The average Bonchev–Trinajstić information content (AvgIpc) is 3.07. The molecule has 0 saturated carbocycles. The maximum absolute atomic E-state index is 12.1. The molecule has 25 heavy (non-hydrogen) atoms. The van der Waals surface area contributed by atoms with Crippen LogP contribution in [0.25, 0.3) is 0 Å². The number of hydrogen-bond acceptors (Lipinski definition) is 6. The molecule has 1 amide bonds. The molecule has 0 unspecified atom stereocenters. The minimum Gasteiger partial charge on any atom is -0.351 e. The van der Waals surface area contributed by atoms with Crippen LogP contribution in [0, 0.1) is 6.92 Å². The van der Waals surface area contributed by atoms with Gasteiger partial charge in [-0.15, -0.1) is 0 Å². The number of aryl methyl sites for hydroxylation is 1. The van der Waals surface area contributed by atoms with Crippen molar-refractivity contribution in [1.82, 2.24) is 25.3 Å². The Morgan fingerprint density at radius 1 is 1.24 bits per heavy atom. The first-order chi connectivity index (χ1) is 12.1. The Balaban J connectivity index is 1.40. The van der Waals surface area contributed by atoms with E-state index in [4.69, 9.17) is 4.52 Å². The molecule has 134 valence electrons. The Kier molecular flexibility index (Phi) is 5.78. The molecule has 7 nitrogen and oxygen atoms in total. The standard InChI is InChI=1S/C18H25N5O2/c1-14(18-20-15(2)21-25-18)23-10-8-22(9-11-23)13-17(24)19-12-16-6-4-3-5-7-16/h3-7,14H,8-13H2,1-2H3,(H,19,24)/t14-/m1/s1. The van der Waals surface area contributed by atoms with Crippen molar-refractivity contribution < 1.29 is 9.32 Å².